The quantitative estimate of drug-likeness (QED) is 0.364. The van der Waals surface area contributed by atoms with Crippen LogP contribution < -0.4 is 10.6 Å². The molecule has 1 saturated carbocycles. The summed E-state index contributed by atoms with van der Waals surface area (Å²) in [6, 6.07) is 0.294. The van der Waals surface area contributed by atoms with Gasteiger partial charge >= 0.3 is 0 Å². The van der Waals surface area contributed by atoms with Gasteiger partial charge in [-0.25, -0.2) is 0 Å². The highest BCUT2D eigenvalue weighted by molar-refractivity contribution is 5.80. The highest BCUT2D eigenvalue weighted by Crippen LogP contribution is 2.41. The van der Waals surface area contributed by atoms with E-state index in [0.29, 0.717) is 11.5 Å². The molecular formula is C22H41N5O. The van der Waals surface area contributed by atoms with E-state index in [0.717, 1.165) is 50.8 Å². The zero-order chi connectivity index (χ0) is 20.6. The van der Waals surface area contributed by atoms with Gasteiger partial charge in [0, 0.05) is 45.1 Å². The van der Waals surface area contributed by atoms with Crippen molar-refractivity contribution in [1.29, 1.82) is 0 Å². The Morgan fingerprint density at radius 3 is 2.57 bits per heavy atom. The fourth-order valence-electron chi connectivity index (χ4n) is 4.32. The van der Waals surface area contributed by atoms with Crippen molar-refractivity contribution >= 4 is 5.96 Å². The van der Waals surface area contributed by atoms with Gasteiger partial charge in [-0.05, 0) is 71.3 Å². The summed E-state index contributed by atoms with van der Waals surface area (Å²) >= 11 is 0. The van der Waals surface area contributed by atoms with Crippen molar-refractivity contribution in [1.82, 2.24) is 20.4 Å². The van der Waals surface area contributed by atoms with Gasteiger partial charge in [-0.1, -0.05) is 12.8 Å². The molecule has 0 spiro atoms. The molecule has 1 aromatic rings. The summed E-state index contributed by atoms with van der Waals surface area (Å²) in [5, 5.41) is 11.6. The third-order valence-electron chi connectivity index (χ3n) is 6.11. The Hall–Kier alpha value is -1.56. The molecule has 0 saturated heterocycles. The van der Waals surface area contributed by atoms with Gasteiger partial charge in [0.05, 0.1) is 5.69 Å². The van der Waals surface area contributed by atoms with E-state index in [1.54, 1.807) is 0 Å². The Morgan fingerprint density at radius 2 is 2.00 bits per heavy atom. The summed E-state index contributed by atoms with van der Waals surface area (Å²) in [6.07, 6.45) is 7.25. The molecular weight excluding hydrogens is 350 g/mol. The number of nitrogens with zero attached hydrogens (tertiary/aromatic N) is 3. The van der Waals surface area contributed by atoms with Crippen LogP contribution in [-0.2, 0) is 18.2 Å². The largest absolute Gasteiger partial charge is 0.382 e. The molecule has 1 aromatic heterocycles. The van der Waals surface area contributed by atoms with E-state index in [9.17, 15) is 0 Å². The van der Waals surface area contributed by atoms with Gasteiger partial charge in [0.2, 0.25) is 0 Å². The van der Waals surface area contributed by atoms with E-state index in [-0.39, 0.29) is 0 Å². The van der Waals surface area contributed by atoms with Crippen LogP contribution in [0.5, 0.6) is 0 Å². The molecule has 160 valence electrons. The van der Waals surface area contributed by atoms with Crippen molar-refractivity contribution in [3.8, 4) is 0 Å². The number of aromatic nitrogens is 2. The minimum Gasteiger partial charge on any atom is -0.382 e. The minimum absolute atomic E-state index is 0.294. The number of ether oxygens (including phenoxy) is 1. The van der Waals surface area contributed by atoms with Crippen molar-refractivity contribution in [3.63, 3.8) is 0 Å². The van der Waals surface area contributed by atoms with Crippen molar-refractivity contribution in [2.45, 2.75) is 79.2 Å². The van der Waals surface area contributed by atoms with Gasteiger partial charge in [0.1, 0.15) is 0 Å². The van der Waals surface area contributed by atoms with Gasteiger partial charge in [-0.3, -0.25) is 9.67 Å². The fraction of sp³-hybridized carbons (Fsp3) is 0.818. The molecule has 1 heterocycles. The first-order valence-corrected chi connectivity index (χ1v) is 11.0. The third-order valence-corrected chi connectivity index (χ3v) is 6.11. The average Bonchev–Trinajstić information content (AvgIpc) is 3.21. The minimum atomic E-state index is 0.294. The summed E-state index contributed by atoms with van der Waals surface area (Å²) in [7, 11) is 2.01. The summed E-state index contributed by atoms with van der Waals surface area (Å²) in [4.78, 5) is 5.00. The number of rotatable bonds is 10. The molecule has 6 nitrogen and oxygen atoms in total. The monoisotopic (exact) mass is 391 g/mol. The van der Waals surface area contributed by atoms with Crippen LogP contribution in [0.25, 0.3) is 0 Å². The summed E-state index contributed by atoms with van der Waals surface area (Å²) in [5.41, 5.74) is 4.02. The highest BCUT2D eigenvalue weighted by atomic mass is 16.5. The van der Waals surface area contributed by atoms with Crippen LogP contribution in [0.2, 0.25) is 0 Å². The zero-order valence-corrected chi connectivity index (χ0v) is 18.9. The number of aliphatic imine (C=N–C) groups is 1. The Balaban J connectivity index is 2.00. The van der Waals surface area contributed by atoms with Crippen LogP contribution in [0.15, 0.2) is 4.99 Å². The number of nitrogens with one attached hydrogen (secondary N) is 2. The van der Waals surface area contributed by atoms with Crippen LogP contribution in [0.3, 0.4) is 0 Å². The van der Waals surface area contributed by atoms with Gasteiger partial charge in [0.25, 0.3) is 0 Å². The molecule has 0 bridgehead atoms. The smallest absolute Gasteiger partial charge is 0.191 e. The average molecular weight is 392 g/mol. The van der Waals surface area contributed by atoms with E-state index in [4.69, 9.17) is 9.73 Å². The maximum atomic E-state index is 5.64. The van der Waals surface area contributed by atoms with Crippen molar-refractivity contribution in [2.75, 3.05) is 26.3 Å². The molecule has 1 fully saturated rings. The third kappa shape index (κ3) is 6.23. The lowest BCUT2D eigenvalue weighted by Crippen LogP contribution is -2.43. The Labute approximate surface area is 171 Å². The molecule has 0 radical (unpaired) electrons. The van der Waals surface area contributed by atoms with Crippen LogP contribution in [0.4, 0.5) is 0 Å². The van der Waals surface area contributed by atoms with E-state index in [2.05, 4.69) is 50.4 Å². The van der Waals surface area contributed by atoms with Crippen molar-refractivity contribution < 1.29 is 4.74 Å². The SMILES string of the molecule is CCNC(=NCC1(CCOCC)CCCC1)NC(C)Cc1c(C)nn(C)c1C. The molecule has 1 unspecified atom stereocenters. The first kappa shape index (κ1) is 22.7. The molecule has 28 heavy (non-hydrogen) atoms. The normalized spacial score (nSPS) is 17.7. The molecule has 1 atom stereocenters. The predicted molar refractivity (Wildman–Crippen MR) is 117 cm³/mol. The lowest BCUT2D eigenvalue weighted by Gasteiger charge is -2.28. The van der Waals surface area contributed by atoms with Crippen molar-refractivity contribution in [3.05, 3.63) is 17.0 Å². The first-order chi connectivity index (χ1) is 13.4. The molecule has 0 aromatic carbocycles. The Bertz CT molecular complexity index is 631. The topological polar surface area (TPSA) is 63.5 Å². The number of hydrogen-bond donors (Lipinski definition) is 2. The Morgan fingerprint density at radius 1 is 1.29 bits per heavy atom. The molecule has 0 amide bonds. The standard InChI is InChI=1S/C22H41N5O/c1-7-23-21(24-16-22(11-9-10-12-22)13-14-28-8-2)25-17(3)15-20-18(4)26-27(6)19(20)5/h17H,7-16H2,1-6H3,(H2,23,24,25). The molecule has 1 aliphatic rings. The lowest BCUT2D eigenvalue weighted by molar-refractivity contribution is 0.107. The zero-order valence-electron chi connectivity index (χ0n) is 18.9. The van der Waals surface area contributed by atoms with Gasteiger partial charge in [0.15, 0.2) is 5.96 Å². The van der Waals surface area contributed by atoms with Crippen LogP contribution >= 0.6 is 0 Å². The highest BCUT2D eigenvalue weighted by Gasteiger charge is 2.33. The molecule has 0 aliphatic heterocycles. The molecule has 1 aliphatic carbocycles. The summed E-state index contributed by atoms with van der Waals surface area (Å²) < 4.78 is 7.61. The Kier molecular flexibility index (Phi) is 8.80. The van der Waals surface area contributed by atoms with Gasteiger partial charge in [-0.15, -0.1) is 0 Å². The lowest BCUT2D eigenvalue weighted by atomic mass is 9.83. The van der Waals surface area contributed by atoms with Gasteiger partial charge < -0.3 is 15.4 Å². The molecule has 2 rings (SSSR count). The van der Waals surface area contributed by atoms with E-state index < -0.39 is 0 Å². The summed E-state index contributed by atoms with van der Waals surface area (Å²) in [5.74, 6) is 0.928. The fourth-order valence-corrected chi connectivity index (χ4v) is 4.32. The second-order valence-corrected chi connectivity index (χ2v) is 8.37. The predicted octanol–water partition coefficient (Wildman–Crippen LogP) is 3.51. The molecule has 2 N–H and O–H groups in total. The van der Waals surface area contributed by atoms with E-state index in [1.807, 2.05) is 11.7 Å². The van der Waals surface area contributed by atoms with E-state index in [1.165, 1.54) is 36.9 Å². The second kappa shape index (κ2) is 10.8. The summed E-state index contributed by atoms with van der Waals surface area (Å²) in [6.45, 7) is 14.1. The maximum absolute atomic E-state index is 5.64. The van der Waals surface area contributed by atoms with Crippen LogP contribution in [-0.4, -0.2) is 48.1 Å². The van der Waals surface area contributed by atoms with Crippen LogP contribution in [0.1, 0.15) is 69.8 Å². The number of guanidine groups is 1. The maximum Gasteiger partial charge on any atom is 0.191 e. The first-order valence-electron chi connectivity index (χ1n) is 11.0. The van der Waals surface area contributed by atoms with E-state index >= 15 is 0 Å². The second-order valence-electron chi connectivity index (χ2n) is 8.37. The van der Waals surface area contributed by atoms with Crippen LogP contribution in [0, 0.1) is 19.3 Å². The number of aryl methyl sites for hydroxylation is 2. The molecule has 6 heteroatoms. The van der Waals surface area contributed by atoms with Gasteiger partial charge in [-0.2, -0.15) is 5.10 Å². The number of hydrogen-bond acceptors (Lipinski definition) is 3. The van der Waals surface area contributed by atoms with Crippen molar-refractivity contribution in [2.24, 2.45) is 17.5 Å².